The minimum Gasteiger partial charge on any atom is -0.325 e. The molecule has 1 atom stereocenters. The fourth-order valence-electron chi connectivity index (χ4n) is 4.06. The summed E-state index contributed by atoms with van der Waals surface area (Å²) >= 11 is 0. The minimum absolute atomic E-state index is 0.0469. The number of urea groups is 1. The predicted octanol–water partition coefficient (Wildman–Crippen LogP) is 3.97. The molecule has 1 N–H and O–H groups in total. The number of aryl methyl sites for hydroxylation is 1. The lowest BCUT2D eigenvalue weighted by molar-refractivity contribution is 0.125. The molecule has 24 heavy (non-hydrogen) atoms. The zero-order chi connectivity index (χ0) is 16.9. The van der Waals surface area contributed by atoms with Gasteiger partial charge in [-0.2, -0.15) is 0 Å². The van der Waals surface area contributed by atoms with Crippen LogP contribution in [0.3, 0.4) is 0 Å². The van der Waals surface area contributed by atoms with E-state index in [1.165, 1.54) is 38.0 Å². The van der Waals surface area contributed by atoms with Crippen LogP contribution in [-0.2, 0) is 0 Å². The average Bonchev–Trinajstić information content (AvgIpc) is 2.55. The van der Waals surface area contributed by atoms with Crippen molar-refractivity contribution in [2.75, 3.05) is 38.0 Å². The monoisotopic (exact) mass is 329 g/mol. The van der Waals surface area contributed by atoms with Crippen LogP contribution in [0.1, 0.15) is 38.2 Å². The number of anilines is 1. The Morgan fingerprint density at radius 3 is 2.71 bits per heavy atom. The van der Waals surface area contributed by atoms with Gasteiger partial charge < -0.3 is 15.1 Å². The molecule has 2 aliphatic rings. The number of hydrogen-bond acceptors (Lipinski definition) is 2. The third-order valence-electron chi connectivity index (χ3n) is 5.43. The van der Waals surface area contributed by atoms with Gasteiger partial charge in [0, 0.05) is 31.9 Å². The van der Waals surface area contributed by atoms with Crippen LogP contribution in [0.15, 0.2) is 24.3 Å². The molecule has 0 aromatic heterocycles. The van der Waals surface area contributed by atoms with Gasteiger partial charge in [0.1, 0.15) is 0 Å². The van der Waals surface area contributed by atoms with Crippen molar-refractivity contribution in [2.24, 2.45) is 11.8 Å². The van der Waals surface area contributed by atoms with Gasteiger partial charge in [-0.05, 0) is 68.7 Å². The number of amides is 2. The summed E-state index contributed by atoms with van der Waals surface area (Å²) in [6, 6.07) is 8.04. The molecule has 0 radical (unpaired) electrons. The summed E-state index contributed by atoms with van der Waals surface area (Å²) in [5.74, 6) is 1.59. The molecule has 4 heteroatoms. The van der Waals surface area contributed by atoms with E-state index in [0.717, 1.165) is 43.5 Å². The number of carbonyl (C=O) groups is 1. The number of nitrogens with one attached hydrogen (secondary N) is 1. The molecule has 0 saturated carbocycles. The summed E-state index contributed by atoms with van der Waals surface area (Å²) in [4.78, 5) is 17.0. The highest BCUT2D eigenvalue weighted by Gasteiger charge is 2.25. The summed E-state index contributed by atoms with van der Waals surface area (Å²) < 4.78 is 0. The third-order valence-corrected chi connectivity index (χ3v) is 5.43. The molecule has 2 amide bonds. The van der Waals surface area contributed by atoms with Crippen molar-refractivity contribution in [3.8, 4) is 0 Å². The first-order valence-corrected chi connectivity index (χ1v) is 9.45. The Balaban J connectivity index is 1.43. The predicted molar refractivity (Wildman–Crippen MR) is 99.3 cm³/mol. The van der Waals surface area contributed by atoms with Crippen molar-refractivity contribution in [2.45, 2.75) is 39.5 Å². The Morgan fingerprint density at radius 2 is 2.00 bits per heavy atom. The fourth-order valence-corrected chi connectivity index (χ4v) is 4.06. The van der Waals surface area contributed by atoms with E-state index >= 15 is 0 Å². The van der Waals surface area contributed by atoms with Crippen LogP contribution in [0, 0.1) is 18.8 Å². The largest absolute Gasteiger partial charge is 0.325 e. The van der Waals surface area contributed by atoms with E-state index < -0.39 is 0 Å². The molecule has 1 aromatic rings. The molecule has 3 rings (SSSR count). The van der Waals surface area contributed by atoms with Crippen LogP contribution in [0.25, 0.3) is 0 Å². The molecular weight excluding hydrogens is 298 g/mol. The van der Waals surface area contributed by atoms with E-state index in [4.69, 9.17) is 0 Å². The Hall–Kier alpha value is -1.55. The number of likely N-dealkylation sites (tertiary alicyclic amines) is 2. The number of rotatable bonds is 3. The Bertz CT molecular complexity index is 552. The molecule has 2 saturated heterocycles. The molecule has 2 aliphatic heterocycles. The van der Waals surface area contributed by atoms with Crippen LogP contribution in [0.4, 0.5) is 10.5 Å². The number of nitrogens with zero attached hydrogens (tertiary/aromatic N) is 2. The Morgan fingerprint density at radius 1 is 1.21 bits per heavy atom. The number of benzene rings is 1. The average molecular weight is 329 g/mol. The van der Waals surface area contributed by atoms with Crippen LogP contribution in [0.5, 0.6) is 0 Å². The first-order chi connectivity index (χ1) is 11.6. The molecule has 0 bridgehead atoms. The summed E-state index contributed by atoms with van der Waals surface area (Å²) in [6.07, 6.45) is 4.99. The van der Waals surface area contributed by atoms with Crippen molar-refractivity contribution >= 4 is 11.7 Å². The molecule has 0 spiro atoms. The van der Waals surface area contributed by atoms with Crippen molar-refractivity contribution in [3.05, 3.63) is 29.8 Å². The van der Waals surface area contributed by atoms with Crippen molar-refractivity contribution in [1.82, 2.24) is 9.80 Å². The molecule has 2 fully saturated rings. The second-order valence-corrected chi connectivity index (χ2v) is 7.74. The highest BCUT2D eigenvalue weighted by Crippen LogP contribution is 2.23. The smallest absolute Gasteiger partial charge is 0.321 e. The van der Waals surface area contributed by atoms with E-state index in [-0.39, 0.29) is 6.03 Å². The first kappa shape index (κ1) is 17.3. The van der Waals surface area contributed by atoms with E-state index in [1.54, 1.807) is 0 Å². The quantitative estimate of drug-likeness (QED) is 0.911. The maximum atomic E-state index is 12.4. The highest BCUT2D eigenvalue weighted by atomic mass is 16.2. The zero-order valence-electron chi connectivity index (χ0n) is 15.1. The second kappa shape index (κ2) is 8.02. The van der Waals surface area contributed by atoms with Crippen molar-refractivity contribution in [1.29, 1.82) is 0 Å². The van der Waals surface area contributed by atoms with E-state index in [9.17, 15) is 4.79 Å². The first-order valence-electron chi connectivity index (χ1n) is 9.45. The molecule has 0 unspecified atom stereocenters. The molecular formula is C20H31N3O. The van der Waals surface area contributed by atoms with Gasteiger partial charge in [-0.15, -0.1) is 0 Å². The van der Waals surface area contributed by atoms with Gasteiger partial charge in [-0.1, -0.05) is 19.1 Å². The maximum Gasteiger partial charge on any atom is 0.321 e. The summed E-state index contributed by atoms with van der Waals surface area (Å²) in [5.41, 5.74) is 2.06. The van der Waals surface area contributed by atoms with E-state index in [1.807, 2.05) is 36.1 Å². The van der Waals surface area contributed by atoms with Gasteiger partial charge in [0.25, 0.3) is 0 Å². The van der Waals surface area contributed by atoms with Crippen molar-refractivity contribution < 1.29 is 4.79 Å². The molecule has 132 valence electrons. The zero-order valence-corrected chi connectivity index (χ0v) is 15.1. The maximum absolute atomic E-state index is 12.4. The Labute approximate surface area is 146 Å². The van der Waals surface area contributed by atoms with Gasteiger partial charge in [0.2, 0.25) is 0 Å². The van der Waals surface area contributed by atoms with Gasteiger partial charge in [0.05, 0.1) is 0 Å². The number of piperidine rings is 2. The van der Waals surface area contributed by atoms with E-state index in [2.05, 4.69) is 17.1 Å². The number of carbonyl (C=O) groups excluding carboxylic acids is 1. The third kappa shape index (κ3) is 4.73. The molecule has 2 heterocycles. The fraction of sp³-hybridized carbons (Fsp3) is 0.650. The Kier molecular flexibility index (Phi) is 5.77. The van der Waals surface area contributed by atoms with Crippen LogP contribution in [-0.4, -0.2) is 48.6 Å². The normalized spacial score (nSPS) is 23.2. The van der Waals surface area contributed by atoms with Crippen LogP contribution < -0.4 is 5.32 Å². The molecule has 0 aliphatic carbocycles. The molecule has 1 aromatic carbocycles. The van der Waals surface area contributed by atoms with Gasteiger partial charge >= 0.3 is 6.03 Å². The topological polar surface area (TPSA) is 35.6 Å². The van der Waals surface area contributed by atoms with Crippen molar-refractivity contribution in [3.63, 3.8) is 0 Å². The summed E-state index contributed by atoms with van der Waals surface area (Å²) in [7, 11) is 0. The van der Waals surface area contributed by atoms with Crippen LogP contribution >= 0.6 is 0 Å². The highest BCUT2D eigenvalue weighted by molar-refractivity contribution is 5.89. The van der Waals surface area contributed by atoms with Crippen LogP contribution in [0.2, 0.25) is 0 Å². The lowest BCUT2D eigenvalue weighted by atomic mass is 9.94. The lowest BCUT2D eigenvalue weighted by Crippen LogP contribution is -2.44. The van der Waals surface area contributed by atoms with Gasteiger partial charge in [-0.3, -0.25) is 0 Å². The van der Waals surface area contributed by atoms with E-state index in [0.29, 0.717) is 0 Å². The summed E-state index contributed by atoms with van der Waals surface area (Å²) in [5, 5.41) is 3.03. The standard InChI is InChI=1S/C20H31N3O/c1-16-5-3-7-19(13-16)21-20(24)23-11-8-18(9-12-23)15-22-10-4-6-17(2)14-22/h3,5,7,13,17-18H,4,6,8-12,14-15H2,1-2H3,(H,21,24)/t17-/m0/s1. The SMILES string of the molecule is Cc1cccc(NC(=O)N2CCC(CN3CCC[C@H](C)C3)CC2)c1. The minimum atomic E-state index is 0.0469. The molecule has 4 nitrogen and oxygen atoms in total. The summed E-state index contributed by atoms with van der Waals surface area (Å²) in [6.45, 7) is 9.91. The second-order valence-electron chi connectivity index (χ2n) is 7.74. The van der Waals surface area contributed by atoms with Gasteiger partial charge in [0.15, 0.2) is 0 Å². The number of hydrogen-bond donors (Lipinski definition) is 1. The lowest BCUT2D eigenvalue weighted by Gasteiger charge is -2.37. The van der Waals surface area contributed by atoms with Gasteiger partial charge in [-0.25, -0.2) is 4.79 Å².